The topological polar surface area (TPSA) is 37.4 Å². The number of sulfonamides is 1. The van der Waals surface area contributed by atoms with E-state index >= 15 is 0 Å². The molecule has 2 rings (SSSR count). The fourth-order valence-corrected chi connectivity index (χ4v) is 4.33. The SMILES string of the molecule is CCCC(C)CN(c1ccccc1)S(=O)(=O)C1CC1. The second-order valence-electron chi connectivity index (χ2n) is 5.50. The average molecular weight is 281 g/mol. The van der Waals surface area contributed by atoms with Crippen molar-refractivity contribution in [2.24, 2.45) is 5.92 Å². The van der Waals surface area contributed by atoms with Crippen LogP contribution in [0.3, 0.4) is 0 Å². The Morgan fingerprint density at radius 2 is 1.89 bits per heavy atom. The normalized spacial score (nSPS) is 17.2. The standard InChI is InChI=1S/C15H23NO2S/c1-3-7-13(2)12-16(14-8-5-4-6-9-14)19(17,18)15-10-11-15/h4-6,8-9,13,15H,3,7,10-12H2,1-2H3. The molecule has 1 fully saturated rings. The van der Waals surface area contributed by atoms with Gasteiger partial charge in [-0.2, -0.15) is 0 Å². The Bertz CT molecular complexity index is 494. The van der Waals surface area contributed by atoms with Gasteiger partial charge in [0.2, 0.25) is 10.0 Å². The number of hydrogen-bond donors (Lipinski definition) is 0. The zero-order valence-corrected chi connectivity index (χ0v) is 12.6. The largest absolute Gasteiger partial charge is 0.270 e. The van der Waals surface area contributed by atoms with E-state index in [1.807, 2.05) is 30.3 Å². The van der Waals surface area contributed by atoms with Gasteiger partial charge in [-0.05, 0) is 37.3 Å². The summed E-state index contributed by atoms with van der Waals surface area (Å²) in [6, 6.07) is 9.49. The second kappa shape index (κ2) is 5.95. The third-order valence-corrected chi connectivity index (χ3v) is 5.84. The highest BCUT2D eigenvalue weighted by molar-refractivity contribution is 7.93. The lowest BCUT2D eigenvalue weighted by molar-refractivity contribution is 0.524. The van der Waals surface area contributed by atoms with E-state index in [2.05, 4.69) is 13.8 Å². The molecular formula is C15H23NO2S. The van der Waals surface area contributed by atoms with Crippen LogP contribution in [-0.2, 0) is 10.0 Å². The van der Waals surface area contributed by atoms with Crippen LogP contribution in [0.4, 0.5) is 5.69 Å². The summed E-state index contributed by atoms with van der Waals surface area (Å²) in [7, 11) is -3.16. The van der Waals surface area contributed by atoms with Gasteiger partial charge in [0.1, 0.15) is 0 Å². The molecule has 1 aliphatic rings. The Morgan fingerprint density at radius 3 is 2.42 bits per heavy atom. The zero-order valence-electron chi connectivity index (χ0n) is 11.7. The van der Waals surface area contributed by atoms with Gasteiger partial charge in [0, 0.05) is 6.54 Å². The number of rotatable bonds is 7. The van der Waals surface area contributed by atoms with Crippen LogP contribution in [0.15, 0.2) is 30.3 Å². The molecule has 1 aliphatic carbocycles. The number of anilines is 1. The van der Waals surface area contributed by atoms with Crippen molar-refractivity contribution in [3.8, 4) is 0 Å². The van der Waals surface area contributed by atoms with E-state index in [-0.39, 0.29) is 5.25 Å². The summed E-state index contributed by atoms with van der Waals surface area (Å²) in [5, 5.41) is -0.151. The molecule has 1 aromatic carbocycles. The van der Waals surface area contributed by atoms with Crippen molar-refractivity contribution < 1.29 is 8.42 Å². The molecule has 4 heteroatoms. The number of hydrogen-bond acceptors (Lipinski definition) is 2. The molecule has 0 amide bonds. The first-order chi connectivity index (χ1) is 9.05. The lowest BCUT2D eigenvalue weighted by Gasteiger charge is -2.27. The number of benzene rings is 1. The third-order valence-electron chi connectivity index (χ3n) is 3.56. The molecule has 1 aromatic rings. The Hall–Kier alpha value is -1.03. The van der Waals surface area contributed by atoms with Gasteiger partial charge in [-0.25, -0.2) is 8.42 Å². The van der Waals surface area contributed by atoms with Crippen molar-refractivity contribution in [1.29, 1.82) is 0 Å². The predicted octanol–water partition coefficient (Wildman–Crippen LogP) is 3.42. The average Bonchev–Trinajstić information content (AvgIpc) is 3.22. The molecule has 0 radical (unpaired) electrons. The van der Waals surface area contributed by atoms with Gasteiger partial charge in [-0.1, -0.05) is 38.5 Å². The molecule has 0 aromatic heterocycles. The molecule has 0 bridgehead atoms. The first kappa shape index (κ1) is 14.4. The van der Waals surface area contributed by atoms with Gasteiger partial charge < -0.3 is 0 Å². The maximum atomic E-state index is 12.6. The van der Waals surface area contributed by atoms with Crippen molar-refractivity contribution in [3.63, 3.8) is 0 Å². The van der Waals surface area contributed by atoms with Crippen LogP contribution in [0.25, 0.3) is 0 Å². The van der Waals surface area contributed by atoms with Crippen LogP contribution in [-0.4, -0.2) is 20.2 Å². The van der Waals surface area contributed by atoms with Crippen LogP contribution in [0.5, 0.6) is 0 Å². The second-order valence-corrected chi connectivity index (χ2v) is 7.64. The highest BCUT2D eigenvalue weighted by atomic mass is 32.2. The molecular weight excluding hydrogens is 258 g/mol. The molecule has 1 atom stereocenters. The molecule has 19 heavy (non-hydrogen) atoms. The predicted molar refractivity (Wildman–Crippen MR) is 79.8 cm³/mol. The summed E-state index contributed by atoms with van der Waals surface area (Å²) < 4.78 is 26.7. The summed E-state index contributed by atoms with van der Waals surface area (Å²) in [4.78, 5) is 0. The zero-order chi connectivity index (χ0) is 13.9. The van der Waals surface area contributed by atoms with Crippen molar-refractivity contribution >= 4 is 15.7 Å². The molecule has 0 heterocycles. The van der Waals surface area contributed by atoms with Crippen LogP contribution >= 0.6 is 0 Å². The highest BCUT2D eigenvalue weighted by Crippen LogP contribution is 2.34. The maximum Gasteiger partial charge on any atom is 0.238 e. The Kier molecular flexibility index (Phi) is 4.50. The first-order valence-corrected chi connectivity index (χ1v) is 8.62. The summed E-state index contributed by atoms with van der Waals surface area (Å²) in [6.45, 7) is 4.86. The smallest absolute Gasteiger partial charge is 0.238 e. The van der Waals surface area contributed by atoms with E-state index in [9.17, 15) is 8.42 Å². The van der Waals surface area contributed by atoms with Gasteiger partial charge in [0.05, 0.1) is 10.9 Å². The highest BCUT2D eigenvalue weighted by Gasteiger charge is 2.40. The van der Waals surface area contributed by atoms with E-state index < -0.39 is 10.0 Å². The van der Waals surface area contributed by atoms with Gasteiger partial charge in [-0.15, -0.1) is 0 Å². The molecule has 1 saturated carbocycles. The van der Waals surface area contributed by atoms with E-state index in [0.717, 1.165) is 31.4 Å². The number of nitrogens with zero attached hydrogens (tertiary/aromatic N) is 1. The monoisotopic (exact) mass is 281 g/mol. The quantitative estimate of drug-likeness (QED) is 0.768. The fraction of sp³-hybridized carbons (Fsp3) is 0.600. The molecule has 1 unspecified atom stereocenters. The summed E-state index contributed by atoms with van der Waals surface area (Å²) >= 11 is 0. The summed E-state index contributed by atoms with van der Waals surface area (Å²) in [5.74, 6) is 0.388. The third kappa shape index (κ3) is 3.50. The minimum Gasteiger partial charge on any atom is -0.270 e. The lowest BCUT2D eigenvalue weighted by Crippen LogP contribution is -2.37. The lowest BCUT2D eigenvalue weighted by atomic mass is 10.1. The number of para-hydroxylation sites is 1. The minimum atomic E-state index is -3.16. The molecule has 0 saturated heterocycles. The molecule has 0 aliphatic heterocycles. The van der Waals surface area contributed by atoms with Crippen molar-refractivity contribution in [2.45, 2.75) is 44.8 Å². The Morgan fingerprint density at radius 1 is 1.26 bits per heavy atom. The van der Waals surface area contributed by atoms with E-state index in [0.29, 0.717) is 12.5 Å². The first-order valence-electron chi connectivity index (χ1n) is 7.12. The summed E-state index contributed by atoms with van der Waals surface area (Å²) in [5.41, 5.74) is 0.803. The summed E-state index contributed by atoms with van der Waals surface area (Å²) in [6.07, 6.45) is 3.78. The Balaban J connectivity index is 2.23. The van der Waals surface area contributed by atoms with Crippen molar-refractivity contribution in [1.82, 2.24) is 0 Å². The molecule has 0 spiro atoms. The van der Waals surface area contributed by atoms with Crippen LogP contribution < -0.4 is 4.31 Å². The van der Waals surface area contributed by atoms with Gasteiger partial charge in [0.15, 0.2) is 0 Å². The van der Waals surface area contributed by atoms with Gasteiger partial charge >= 0.3 is 0 Å². The Labute approximate surface area is 116 Å². The van der Waals surface area contributed by atoms with E-state index in [4.69, 9.17) is 0 Å². The van der Waals surface area contributed by atoms with E-state index in [1.54, 1.807) is 4.31 Å². The van der Waals surface area contributed by atoms with Crippen LogP contribution in [0.1, 0.15) is 39.5 Å². The van der Waals surface area contributed by atoms with Crippen LogP contribution in [0.2, 0.25) is 0 Å². The van der Waals surface area contributed by atoms with Gasteiger partial charge in [-0.3, -0.25) is 4.31 Å². The van der Waals surface area contributed by atoms with E-state index in [1.165, 1.54) is 0 Å². The van der Waals surface area contributed by atoms with Crippen molar-refractivity contribution in [3.05, 3.63) is 30.3 Å². The fourth-order valence-electron chi connectivity index (χ4n) is 2.36. The minimum absolute atomic E-state index is 0.151. The maximum absolute atomic E-state index is 12.6. The van der Waals surface area contributed by atoms with Gasteiger partial charge in [0.25, 0.3) is 0 Å². The van der Waals surface area contributed by atoms with Crippen LogP contribution in [0, 0.1) is 5.92 Å². The van der Waals surface area contributed by atoms with Crippen molar-refractivity contribution in [2.75, 3.05) is 10.8 Å². The molecule has 106 valence electrons. The molecule has 0 N–H and O–H groups in total. The molecule has 3 nitrogen and oxygen atoms in total.